The van der Waals surface area contributed by atoms with Gasteiger partial charge in [-0.05, 0) is 31.5 Å². The van der Waals surface area contributed by atoms with Crippen LogP contribution in [0.25, 0.3) is 11.1 Å². The Morgan fingerprint density at radius 2 is 2.06 bits per heavy atom. The zero-order chi connectivity index (χ0) is 11.7. The lowest BCUT2D eigenvalue weighted by Crippen LogP contribution is -1.86. The average molecular weight is 219 g/mol. The Balaban J connectivity index is 2.57. The Morgan fingerprint density at radius 3 is 2.62 bits per heavy atom. The van der Waals surface area contributed by atoms with Crippen molar-refractivity contribution in [1.82, 2.24) is 5.16 Å². The first kappa shape index (κ1) is 10.5. The van der Waals surface area contributed by atoms with Gasteiger partial charge in [0.05, 0.1) is 12.8 Å². The summed E-state index contributed by atoms with van der Waals surface area (Å²) in [6.07, 6.45) is 0. The topological polar surface area (TPSA) is 55.5 Å². The van der Waals surface area contributed by atoms with Crippen LogP contribution in [0.2, 0.25) is 0 Å². The van der Waals surface area contributed by atoms with Crippen molar-refractivity contribution in [2.45, 2.75) is 13.8 Å². The van der Waals surface area contributed by atoms with Crippen molar-refractivity contribution in [1.29, 1.82) is 0 Å². The number of methoxy groups -OCH3 is 1. The Hall–Kier alpha value is -1.97. The Kier molecular flexibility index (Phi) is 2.56. The molecule has 1 aromatic carbocycles. The highest BCUT2D eigenvalue weighted by Crippen LogP contribution is 2.34. The molecule has 84 valence electrons. The second-order valence-electron chi connectivity index (χ2n) is 3.59. The molecule has 2 rings (SSSR count). The number of rotatable bonds is 2. The van der Waals surface area contributed by atoms with Gasteiger partial charge in [0.15, 0.2) is 11.5 Å². The summed E-state index contributed by atoms with van der Waals surface area (Å²) >= 11 is 0. The molecule has 0 unspecified atom stereocenters. The summed E-state index contributed by atoms with van der Waals surface area (Å²) in [4.78, 5) is 0. The highest BCUT2D eigenvalue weighted by atomic mass is 16.5. The molecule has 1 aromatic heterocycles. The van der Waals surface area contributed by atoms with Crippen LogP contribution in [0.3, 0.4) is 0 Å². The van der Waals surface area contributed by atoms with E-state index >= 15 is 0 Å². The van der Waals surface area contributed by atoms with E-state index in [1.165, 1.54) is 7.11 Å². The lowest BCUT2D eigenvalue weighted by molar-refractivity contribution is 0.373. The quantitative estimate of drug-likeness (QED) is 0.843. The minimum atomic E-state index is 0.123. The number of aromatic nitrogens is 1. The third kappa shape index (κ3) is 1.62. The molecule has 0 aliphatic rings. The maximum absolute atomic E-state index is 9.51. The standard InChI is InChI=1S/C12H13NO3/c1-7-12(8(2)16-13-7)9-4-5-10(14)11(6-9)15-3/h4-6,14H,1-3H3. The van der Waals surface area contributed by atoms with Crippen molar-refractivity contribution < 1.29 is 14.4 Å². The summed E-state index contributed by atoms with van der Waals surface area (Å²) in [5.41, 5.74) is 2.69. The minimum Gasteiger partial charge on any atom is -0.504 e. The van der Waals surface area contributed by atoms with Crippen molar-refractivity contribution in [2.24, 2.45) is 0 Å². The van der Waals surface area contributed by atoms with Gasteiger partial charge in [-0.2, -0.15) is 0 Å². The smallest absolute Gasteiger partial charge is 0.161 e. The minimum absolute atomic E-state index is 0.123. The van der Waals surface area contributed by atoms with Gasteiger partial charge in [-0.3, -0.25) is 0 Å². The van der Waals surface area contributed by atoms with Crippen LogP contribution in [0.1, 0.15) is 11.5 Å². The molecular formula is C12H13NO3. The molecule has 0 aliphatic carbocycles. The van der Waals surface area contributed by atoms with Gasteiger partial charge in [-0.1, -0.05) is 11.2 Å². The molecule has 1 N–H and O–H groups in total. The zero-order valence-electron chi connectivity index (χ0n) is 9.44. The van der Waals surface area contributed by atoms with Gasteiger partial charge in [0, 0.05) is 5.56 Å². The average Bonchev–Trinajstić information content (AvgIpc) is 2.60. The Labute approximate surface area is 93.5 Å². The molecular weight excluding hydrogens is 206 g/mol. The summed E-state index contributed by atoms with van der Waals surface area (Å²) in [5.74, 6) is 1.32. The van der Waals surface area contributed by atoms with Crippen LogP contribution in [0.15, 0.2) is 22.7 Å². The summed E-state index contributed by atoms with van der Waals surface area (Å²) < 4.78 is 10.2. The van der Waals surface area contributed by atoms with E-state index < -0.39 is 0 Å². The summed E-state index contributed by atoms with van der Waals surface area (Å²) in [7, 11) is 1.52. The third-order valence-electron chi connectivity index (χ3n) is 2.50. The molecule has 0 spiro atoms. The molecule has 0 amide bonds. The summed E-state index contributed by atoms with van der Waals surface area (Å²) in [6.45, 7) is 3.74. The van der Waals surface area contributed by atoms with Crippen LogP contribution in [-0.2, 0) is 0 Å². The van der Waals surface area contributed by atoms with E-state index in [1.54, 1.807) is 12.1 Å². The Morgan fingerprint density at radius 1 is 1.31 bits per heavy atom. The molecule has 0 aliphatic heterocycles. The number of ether oxygens (including phenoxy) is 1. The number of aryl methyl sites for hydroxylation is 2. The van der Waals surface area contributed by atoms with E-state index in [0.29, 0.717) is 5.75 Å². The van der Waals surface area contributed by atoms with E-state index in [2.05, 4.69) is 5.16 Å². The van der Waals surface area contributed by atoms with E-state index in [0.717, 1.165) is 22.6 Å². The second-order valence-corrected chi connectivity index (χ2v) is 3.59. The van der Waals surface area contributed by atoms with Crippen molar-refractivity contribution in [3.8, 4) is 22.6 Å². The molecule has 4 nitrogen and oxygen atoms in total. The van der Waals surface area contributed by atoms with E-state index in [-0.39, 0.29) is 5.75 Å². The van der Waals surface area contributed by atoms with Crippen molar-refractivity contribution in [3.63, 3.8) is 0 Å². The molecule has 1 heterocycles. The SMILES string of the molecule is COc1cc(-c2c(C)noc2C)ccc1O. The van der Waals surface area contributed by atoms with Crippen LogP contribution in [0.4, 0.5) is 0 Å². The number of nitrogens with zero attached hydrogens (tertiary/aromatic N) is 1. The van der Waals surface area contributed by atoms with Gasteiger partial charge in [0.1, 0.15) is 5.76 Å². The fraction of sp³-hybridized carbons (Fsp3) is 0.250. The number of hydrogen-bond acceptors (Lipinski definition) is 4. The number of hydrogen-bond donors (Lipinski definition) is 1. The number of aromatic hydroxyl groups is 1. The maximum atomic E-state index is 9.51. The normalized spacial score (nSPS) is 10.4. The van der Waals surface area contributed by atoms with Crippen molar-refractivity contribution in [2.75, 3.05) is 7.11 Å². The second kappa shape index (κ2) is 3.89. The fourth-order valence-electron chi connectivity index (χ4n) is 1.73. The van der Waals surface area contributed by atoms with Gasteiger partial charge in [0.25, 0.3) is 0 Å². The van der Waals surface area contributed by atoms with Gasteiger partial charge in [-0.25, -0.2) is 0 Å². The molecule has 0 saturated heterocycles. The Bertz CT molecular complexity index is 497. The van der Waals surface area contributed by atoms with Crippen LogP contribution in [0, 0.1) is 13.8 Å². The summed E-state index contributed by atoms with van der Waals surface area (Å²) in [6, 6.07) is 5.17. The van der Waals surface area contributed by atoms with Crippen LogP contribution in [-0.4, -0.2) is 17.4 Å². The lowest BCUT2D eigenvalue weighted by atomic mass is 10.0. The first-order valence-electron chi connectivity index (χ1n) is 4.93. The predicted molar refractivity (Wildman–Crippen MR) is 59.6 cm³/mol. The number of benzene rings is 1. The van der Waals surface area contributed by atoms with Gasteiger partial charge >= 0.3 is 0 Å². The molecule has 0 fully saturated rings. The molecule has 0 saturated carbocycles. The predicted octanol–water partition coefficient (Wildman–Crippen LogP) is 2.67. The molecule has 0 bridgehead atoms. The zero-order valence-corrected chi connectivity index (χ0v) is 9.44. The van der Waals surface area contributed by atoms with Crippen molar-refractivity contribution >= 4 is 0 Å². The molecule has 16 heavy (non-hydrogen) atoms. The molecule has 4 heteroatoms. The summed E-state index contributed by atoms with van der Waals surface area (Å²) in [5, 5.41) is 13.4. The van der Waals surface area contributed by atoms with E-state index in [9.17, 15) is 5.11 Å². The van der Waals surface area contributed by atoms with Gasteiger partial charge in [-0.15, -0.1) is 0 Å². The van der Waals surface area contributed by atoms with E-state index in [1.807, 2.05) is 19.9 Å². The van der Waals surface area contributed by atoms with Crippen LogP contribution in [0.5, 0.6) is 11.5 Å². The van der Waals surface area contributed by atoms with Crippen LogP contribution >= 0.6 is 0 Å². The molecule has 0 radical (unpaired) electrons. The number of phenols is 1. The van der Waals surface area contributed by atoms with E-state index in [4.69, 9.17) is 9.26 Å². The highest BCUT2D eigenvalue weighted by molar-refractivity contribution is 5.70. The van der Waals surface area contributed by atoms with Crippen molar-refractivity contribution in [3.05, 3.63) is 29.7 Å². The largest absolute Gasteiger partial charge is 0.504 e. The molecule has 0 atom stereocenters. The number of phenolic OH excluding ortho intramolecular Hbond substituents is 1. The van der Waals surface area contributed by atoms with Gasteiger partial charge < -0.3 is 14.4 Å². The monoisotopic (exact) mass is 219 g/mol. The highest BCUT2D eigenvalue weighted by Gasteiger charge is 2.13. The van der Waals surface area contributed by atoms with Gasteiger partial charge in [0.2, 0.25) is 0 Å². The first-order valence-corrected chi connectivity index (χ1v) is 4.93. The fourth-order valence-corrected chi connectivity index (χ4v) is 1.73. The molecule has 2 aromatic rings. The third-order valence-corrected chi connectivity index (χ3v) is 2.50. The maximum Gasteiger partial charge on any atom is 0.161 e. The van der Waals surface area contributed by atoms with Crippen LogP contribution < -0.4 is 4.74 Å². The lowest BCUT2D eigenvalue weighted by Gasteiger charge is -2.06. The first-order chi connectivity index (χ1) is 7.63.